The van der Waals surface area contributed by atoms with Crippen molar-refractivity contribution in [2.45, 2.75) is 24.6 Å². The average molecular weight is 362 g/mol. The summed E-state index contributed by atoms with van der Waals surface area (Å²) in [7, 11) is 0. The standard InChI is InChI=1S/C3HF7O.C2H2O4.CHF3O/c4-1(5,2(6,7)8)3(9,10)11;3-1(4)2(5)6;2-1(3,4)5/h11H;(H,3,4)(H,5,6);5H. The summed E-state index contributed by atoms with van der Waals surface area (Å²) in [5.41, 5.74) is 0. The van der Waals surface area contributed by atoms with E-state index >= 15 is 0 Å². The fraction of sp³-hybridized carbons (Fsp3) is 0.667. The maximum absolute atomic E-state index is 11.3. The van der Waals surface area contributed by atoms with Gasteiger partial charge in [-0.15, -0.1) is 13.2 Å². The zero-order valence-electron chi connectivity index (χ0n) is 9.38. The fourth-order valence-electron chi connectivity index (χ4n) is 0.171. The highest BCUT2D eigenvalue weighted by Gasteiger charge is 2.73. The van der Waals surface area contributed by atoms with Crippen LogP contribution in [-0.2, 0) is 9.59 Å². The Morgan fingerprint density at radius 2 is 0.818 bits per heavy atom. The van der Waals surface area contributed by atoms with E-state index in [9.17, 15) is 43.9 Å². The van der Waals surface area contributed by atoms with Gasteiger partial charge in [-0.25, -0.2) is 9.59 Å². The molecule has 0 aliphatic heterocycles. The van der Waals surface area contributed by atoms with Crippen LogP contribution in [0.2, 0.25) is 0 Å². The third-order valence-corrected chi connectivity index (χ3v) is 0.917. The molecule has 0 spiro atoms. The molecule has 0 saturated carbocycles. The van der Waals surface area contributed by atoms with Crippen LogP contribution < -0.4 is 0 Å². The van der Waals surface area contributed by atoms with Crippen LogP contribution in [0, 0.1) is 0 Å². The van der Waals surface area contributed by atoms with E-state index in [0.29, 0.717) is 0 Å². The van der Waals surface area contributed by atoms with Gasteiger partial charge in [0.1, 0.15) is 0 Å². The van der Waals surface area contributed by atoms with Crippen molar-refractivity contribution < 1.29 is 73.9 Å². The van der Waals surface area contributed by atoms with Crippen LogP contribution in [0.3, 0.4) is 0 Å². The van der Waals surface area contributed by atoms with E-state index < -0.39 is 36.5 Å². The minimum Gasteiger partial charge on any atom is -0.473 e. The van der Waals surface area contributed by atoms with Gasteiger partial charge in [0.2, 0.25) is 0 Å². The number of aliphatic hydroxyl groups is 2. The number of carbonyl (C=O) groups is 2. The summed E-state index contributed by atoms with van der Waals surface area (Å²) in [5.74, 6) is -10.1. The minimum absolute atomic E-state index is 1.82. The highest BCUT2D eigenvalue weighted by atomic mass is 19.4. The van der Waals surface area contributed by atoms with Crippen molar-refractivity contribution >= 4 is 11.9 Å². The molecule has 0 amide bonds. The average Bonchev–Trinajstić information content (AvgIpc) is 2.11. The minimum atomic E-state index is -6.45. The highest BCUT2D eigenvalue weighted by molar-refractivity contribution is 6.27. The second kappa shape index (κ2) is 7.97. The van der Waals surface area contributed by atoms with Crippen LogP contribution in [0.1, 0.15) is 0 Å². The molecule has 0 aromatic heterocycles. The lowest BCUT2D eigenvalue weighted by Gasteiger charge is -2.23. The van der Waals surface area contributed by atoms with E-state index in [1.807, 2.05) is 0 Å². The molecule has 134 valence electrons. The van der Waals surface area contributed by atoms with Gasteiger partial charge in [-0.3, -0.25) is 0 Å². The SMILES string of the molecule is O=C(O)C(=O)O.OC(F)(F)C(F)(F)C(F)(F)F.OC(F)(F)F. The predicted molar refractivity (Wildman–Crippen MR) is 41.7 cm³/mol. The summed E-state index contributed by atoms with van der Waals surface area (Å²) in [6, 6.07) is 0. The molecule has 0 aromatic carbocycles. The molecule has 0 aromatic rings. The molecule has 0 heterocycles. The first-order valence-electron chi connectivity index (χ1n) is 3.94. The lowest BCUT2D eigenvalue weighted by molar-refractivity contribution is -0.412. The number of carboxylic acids is 2. The van der Waals surface area contributed by atoms with Crippen molar-refractivity contribution in [2.75, 3.05) is 0 Å². The molecule has 22 heavy (non-hydrogen) atoms. The zero-order valence-corrected chi connectivity index (χ0v) is 9.38. The normalized spacial score (nSPS) is 12.4. The molecular weight excluding hydrogens is 358 g/mol. The highest BCUT2D eigenvalue weighted by Crippen LogP contribution is 2.44. The summed E-state index contributed by atoms with van der Waals surface area (Å²) in [6.07, 6.45) is -17.5. The lowest BCUT2D eigenvalue weighted by atomic mass is 10.3. The van der Waals surface area contributed by atoms with Crippen molar-refractivity contribution in [3.05, 3.63) is 0 Å². The molecule has 0 bridgehead atoms. The summed E-state index contributed by atoms with van der Waals surface area (Å²) in [4.78, 5) is 18.2. The van der Waals surface area contributed by atoms with Crippen LogP contribution in [0.15, 0.2) is 0 Å². The van der Waals surface area contributed by atoms with Gasteiger partial charge in [0.05, 0.1) is 0 Å². The monoisotopic (exact) mass is 362 g/mol. The number of halogens is 10. The zero-order chi connectivity index (χ0) is 19.2. The predicted octanol–water partition coefficient (Wildman–Crippen LogP) is 1.42. The Morgan fingerprint density at radius 1 is 0.636 bits per heavy atom. The van der Waals surface area contributed by atoms with Gasteiger partial charge >= 0.3 is 36.5 Å². The van der Waals surface area contributed by atoms with Gasteiger partial charge in [-0.2, -0.15) is 30.7 Å². The molecule has 0 aliphatic rings. The Morgan fingerprint density at radius 3 is 0.818 bits per heavy atom. The Bertz CT molecular complexity index is 332. The quantitative estimate of drug-likeness (QED) is 0.414. The Hall–Kier alpha value is -1.84. The van der Waals surface area contributed by atoms with Crippen LogP contribution in [0.4, 0.5) is 43.9 Å². The number of alkyl halides is 10. The second-order valence-corrected chi connectivity index (χ2v) is 2.69. The second-order valence-electron chi connectivity index (χ2n) is 2.69. The van der Waals surface area contributed by atoms with Gasteiger partial charge in [-0.1, -0.05) is 0 Å². The molecule has 0 saturated heterocycles. The first-order valence-corrected chi connectivity index (χ1v) is 3.94. The molecule has 0 unspecified atom stereocenters. The smallest absolute Gasteiger partial charge is 0.473 e. The molecule has 16 heteroatoms. The first-order chi connectivity index (χ1) is 9.14. The number of hydrogen-bond donors (Lipinski definition) is 4. The number of aliphatic carboxylic acids is 2. The molecule has 6 nitrogen and oxygen atoms in total. The van der Waals surface area contributed by atoms with Crippen molar-refractivity contribution in [3.8, 4) is 0 Å². The lowest BCUT2D eigenvalue weighted by Crippen LogP contribution is -2.51. The van der Waals surface area contributed by atoms with Crippen molar-refractivity contribution in [1.29, 1.82) is 0 Å². The Kier molecular flexibility index (Phi) is 9.10. The van der Waals surface area contributed by atoms with E-state index in [1.165, 1.54) is 0 Å². The molecule has 0 aliphatic carbocycles. The van der Waals surface area contributed by atoms with E-state index in [2.05, 4.69) is 0 Å². The summed E-state index contributed by atoms with van der Waals surface area (Å²) in [6.45, 7) is 0. The van der Waals surface area contributed by atoms with E-state index in [4.69, 9.17) is 30.0 Å². The number of rotatable bonds is 1. The largest absolute Gasteiger partial charge is 0.519 e. The third kappa shape index (κ3) is 13.2. The van der Waals surface area contributed by atoms with Gasteiger partial charge in [0.15, 0.2) is 0 Å². The molecule has 0 radical (unpaired) electrons. The van der Waals surface area contributed by atoms with Gasteiger partial charge in [0, 0.05) is 0 Å². The maximum Gasteiger partial charge on any atom is 0.519 e. The van der Waals surface area contributed by atoms with E-state index in [-0.39, 0.29) is 0 Å². The van der Waals surface area contributed by atoms with Gasteiger partial charge in [-0.05, 0) is 0 Å². The topological polar surface area (TPSA) is 115 Å². The van der Waals surface area contributed by atoms with Gasteiger partial charge < -0.3 is 20.4 Å². The molecule has 4 N–H and O–H groups in total. The summed E-state index contributed by atoms with van der Waals surface area (Å²) >= 11 is 0. The van der Waals surface area contributed by atoms with Crippen molar-refractivity contribution in [2.24, 2.45) is 0 Å². The van der Waals surface area contributed by atoms with Crippen LogP contribution in [0.5, 0.6) is 0 Å². The van der Waals surface area contributed by atoms with Crippen LogP contribution in [0.25, 0.3) is 0 Å². The van der Waals surface area contributed by atoms with Crippen molar-refractivity contribution in [3.63, 3.8) is 0 Å². The molecule has 0 rings (SSSR count). The van der Waals surface area contributed by atoms with Crippen LogP contribution >= 0.6 is 0 Å². The van der Waals surface area contributed by atoms with Crippen molar-refractivity contribution in [1.82, 2.24) is 0 Å². The molecular formula is C6H4F10O6. The Labute approximate surface area is 112 Å². The molecule has 0 atom stereocenters. The van der Waals surface area contributed by atoms with E-state index in [0.717, 1.165) is 0 Å². The number of hydrogen-bond acceptors (Lipinski definition) is 4. The summed E-state index contributed by atoms with van der Waals surface area (Å²) in [5, 5.41) is 28.4. The summed E-state index contributed by atoms with van der Waals surface area (Å²) < 4.78 is 107. The van der Waals surface area contributed by atoms with E-state index in [1.54, 1.807) is 0 Å². The first kappa shape index (κ1) is 25.1. The van der Waals surface area contributed by atoms with Crippen LogP contribution in [-0.4, -0.2) is 56.9 Å². The van der Waals surface area contributed by atoms with Gasteiger partial charge in [0.25, 0.3) is 0 Å². The third-order valence-electron chi connectivity index (χ3n) is 0.917. The Balaban J connectivity index is -0.000000277. The molecule has 0 fully saturated rings. The number of carboxylic acid groups (broad SMARTS) is 2. The fourth-order valence-corrected chi connectivity index (χ4v) is 0.171. The maximum atomic E-state index is 11.3.